The second-order valence-electron chi connectivity index (χ2n) is 4.10. The zero-order valence-electron chi connectivity index (χ0n) is 8.72. The van der Waals surface area contributed by atoms with Crippen molar-refractivity contribution in [3.05, 3.63) is 0 Å². The zero-order valence-corrected chi connectivity index (χ0v) is 8.72. The van der Waals surface area contributed by atoms with Crippen molar-refractivity contribution in [1.82, 2.24) is 0 Å². The third kappa shape index (κ3) is 6.62. The summed E-state index contributed by atoms with van der Waals surface area (Å²) in [7, 11) is 0. The Hall–Kier alpha value is -0.0800. The highest BCUT2D eigenvalue weighted by Gasteiger charge is 2.07. The molecule has 0 aromatic carbocycles. The molecule has 0 aliphatic rings. The van der Waals surface area contributed by atoms with Crippen molar-refractivity contribution in [3.8, 4) is 0 Å². The molecule has 0 heterocycles. The molecule has 2 nitrogen and oxygen atoms in total. The molecule has 0 radical (unpaired) electrons. The lowest BCUT2D eigenvalue weighted by molar-refractivity contribution is 0.384. The first-order valence-corrected chi connectivity index (χ1v) is 5.07. The first kappa shape index (κ1) is 11.9. The molecule has 0 spiro atoms. The Morgan fingerprint density at radius 2 is 1.50 bits per heavy atom. The van der Waals surface area contributed by atoms with Gasteiger partial charge in [-0.2, -0.15) is 0 Å². The lowest BCUT2D eigenvalue weighted by atomic mass is 9.94. The number of hydrogen-bond acceptors (Lipinski definition) is 2. The van der Waals surface area contributed by atoms with E-state index in [4.69, 9.17) is 11.5 Å². The summed E-state index contributed by atoms with van der Waals surface area (Å²) in [6.07, 6.45) is 4.68. The largest absolute Gasteiger partial charge is 0.316 e. The molecule has 2 unspecified atom stereocenters. The van der Waals surface area contributed by atoms with Gasteiger partial charge in [0.25, 0.3) is 0 Å². The normalized spacial score (nSPS) is 16.5. The van der Waals surface area contributed by atoms with Crippen LogP contribution >= 0.6 is 0 Å². The Balaban J connectivity index is 3.36. The van der Waals surface area contributed by atoms with Gasteiger partial charge in [-0.3, -0.25) is 0 Å². The summed E-state index contributed by atoms with van der Waals surface area (Å²) in [5.74, 6) is 1.53. The summed E-state index contributed by atoms with van der Waals surface area (Å²) in [5.41, 5.74) is 11.0. The second-order valence-corrected chi connectivity index (χ2v) is 4.10. The number of rotatable bonds is 6. The predicted octanol–water partition coefficient (Wildman–Crippen LogP) is 2.08. The van der Waals surface area contributed by atoms with Crippen molar-refractivity contribution in [2.45, 2.75) is 52.6 Å². The molecule has 2 atom stereocenters. The summed E-state index contributed by atoms with van der Waals surface area (Å²) in [6.45, 7) is 6.77. The third-order valence-corrected chi connectivity index (χ3v) is 2.52. The molecule has 4 N–H and O–H groups in total. The molecule has 0 bridgehead atoms. The molecule has 12 heavy (non-hydrogen) atoms. The molecule has 74 valence electrons. The Labute approximate surface area is 76.7 Å². The topological polar surface area (TPSA) is 52.0 Å². The van der Waals surface area contributed by atoms with Crippen LogP contribution in [0.15, 0.2) is 0 Å². The predicted molar refractivity (Wildman–Crippen MR) is 54.6 cm³/mol. The van der Waals surface area contributed by atoms with Gasteiger partial charge in [0.05, 0.1) is 6.17 Å². The standard InChI is InChI=1S/C10H24N2/c1-4-8(2)5-6-9(3)7-10(11)12/h8-10H,4-7,11-12H2,1-3H3. The van der Waals surface area contributed by atoms with Crippen LogP contribution in [-0.4, -0.2) is 6.17 Å². The molecule has 0 saturated carbocycles. The summed E-state index contributed by atoms with van der Waals surface area (Å²) in [5, 5.41) is 0. The lowest BCUT2D eigenvalue weighted by Crippen LogP contribution is -2.32. The maximum atomic E-state index is 5.51. The maximum absolute atomic E-state index is 5.51. The van der Waals surface area contributed by atoms with Crippen molar-refractivity contribution >= 4 is 0 Å². The van der Waals surface area contributed by atoms with Crippen molar-refractivity contribution < 1.29 is 0 Å². The highest BCUT2D eigenvalue weighted by molar-refractivity contribution is 4.61. The van der Waals surface area contributed by atoms with Gasteiger partial charge in [-0.25, -0.2) is 0 Å². The summed E-state index contributed by atoms with van der Waals surface area (Å²) in [4.78, 5) is 0. The van der Waals surface area contributed by atoms with Crippen LogP contribution in [0.1, 0.15) is 46.5 Å². The van der Waals surface area contributed by atoms with E-state index in [-0.39, 0.29) is 6.17 Å². The van der Waals surface area contributed by atoms with Crippen molar-refractivity contribution in [3.63, 3.8) is 0 Å². The van der Waals surface area contributed by atoms with Gasteiger partial charge in [-0.1, -0.05) is 40.0 Å². The fourth-order valence-corrected chi connectivity index (χ4v) is 1.36. The molecule has 0 aliphatic carbocycles. The average molecular weight is 172 g/mol. The van der Waals surface area contributed by atoms with E-state index in [2.05, 4.69) is 20.8 Å². The summed E-state index contributed by atoms with van der Waals surface area (Å²) in [6, 6.07) is 0. The Morgan fingerprint density at radius 3 is 1.92 bits per heavy atom. The van der Waals surface area contributed by atoms with Crippen LogP contribution in [-0.2, 0) is 0 Å². The minimum absolute atomic E-state index is 0.128. The van der Waals surface area contributed by atoms with Crippen LogP contribution in [0.25, 0.3) is 0 Å². The first-order chi connectivity index (χ1) is 5.56. The van der Waals surface area contributed by atoms with E-state index in [1.54, 1.807) is 0 Å². The number of nitrogens with two attached hydrogens (primary N) is 2. The maximum Gasteiger partial charge on any atom is 0.0523 e. The Kier molecular flexibility index (Phi) is 6.39. The van der Waals surface area contributed by atoms with Crippen molar-refractivity contribution in [2.75, 3.05) is 0 Å². The second kappa shape index (κ2) is 6.44. The Morgan fingerprint density at radius 1 is 1.00 bits per heavy atom. The quantitative estimate of drug-likeness (QED) is 0.603. The SMILES string of the molecule is CCC(C)CCC(C)CC(N)N. The summed E-state index contributed by atoms with van der Waals surface area (Å²) < 4.78 is 0. The third-order valence-electron chi connectivity index (χ3n) is 2.52. The number of hydrogen-bond donors (Lipinski definition) is 2. The van der Waals surface area contributed by atoms with Crippen LogP contribution in [0.5, 0.6) is 0 Å². The van der Waals surface area contributed by atoms with Gasteiger partial charge in [0.1, 0.15) is 0 Å². The fraction of sp³-hybridized carbons (Fsp3) is 1.00. The molecule has 0 aromatic rings. The highest BCUT2D eigenvalue weighted by atomic mass is 14.8. The molecule has 0 amide bonds. The lowest BCUT2D eigenvalue weighted by Gasteiger charge is -2.15. The van der Waals surface area contributed by atoms with E-state index >= 15 is 0 Å². The average Bonchev–Trinajstić information content (AvgIpc) is 1.99. The van der Waals surface area contributed by atoms with Crippen LogP contribution in [0, 0.1) is 11.8 Å². The van der Waals surface area contributed by atoms with Gasteiger partial charge in [0, 0.05) is 0 Å². The first-order valence-electron chi connectivity index (χ1n) is 5.07. The van der Waals surface area contributed by atoms with Gasteiger partial charge in [-0.05, 0) is 18.3 Å². The van der Waals surface area contributed by atoms with Crippen molar-refractivity contribution in [2.24, 2.45) is 23.3 Å². The minimum atomic E-state index is -0.128. The van der Waals surface area contributed by atoms with Crippen molar-refractivity contribution in [1.29, 1.82) is 0 Å². The molecule has 2 heteroatoms. The molecule has 0 aromatic heterocycles. The van der Waals surface area contributed by atoms with E-state index in [0.29, 0.717) is 5.92 Å². The van der Waals surface area contributed by atoms with Crippen LogP contribution in [0.3, 0.4) is 0 Å². The van der Waals surface area contributed by atoms with Gasteiger partial charge < -0.3 is 11.5 Å². The smallest absolute Gasteiger partial charge is 0.0523 e. The van der Waals surface area contributed by atoms with E-state index in [1.807, 2.05) is 0 Å². The van der Waals surface area contributed by atoms with Gasteiger partial charge >= 0.3 is 0 Å². The van der Waals surface area contributed by atoms with E-state index < -0.39 is 0 Å². The zero-order chi connectivity index (χ0) is 9.56. The molecule has 0 fully saturated rings. The van der Waals surface area contributed by atoms with E-state index in [0.717, 1.165) is 12.3 Å². The Bertz CT molecular complexity index is 102. The molecular weight excluding hydrogens is 148 g/mol. The molecule has 0 rings (SSSR count). The minimum Gasteiger partial charge on any atom is -0.316 e. The highest BCUT2D eigenvalue weighted by Crippen LogP contribution is 2.17. The van der Waals surface area contributed by atoms with Crippen LogP contribution < -0.4 is 11.5 Å². The molecular formula is C10H24N2. The van der Waals surface area contributed by atoms with Crippen LogP contribution in [0.4, 0.5) is 0 Å². The van der Waals surface area contributed by atoms with Gasteiger partial charge in [0.2, 0.25) is 0 Å². The van der Waals surface area contributed by atoms with Gasteiger partial charge in [-0.15, -0.1) is 0 Å². The molecule has 0 saturated heterocycles. The monoisotopic (exact) mass is 172 g/mol. The van der Waals surface area contributed by atoms with Crippen LogP contribution in [0.2, 0.25) is 0 Å². The van der Waals surface area contributed by atoms with E-state index in [9.17, 15) is 0 Å². The van der Waals surface area contributed by atoms with E-state index in [1.165, 1.54) is 19.3 Å². The molecule has 0 aliphatic heterocycles. The fourth-order valence-electron chi connectivity index (χ4n) is 1.36. The summed E-state index contributed by atoms with van der Waals surface area (Å²) >= 11 is 0. The van der Waals surface area contributed by atoms with Gasteiger partial charge in [0.15, 0.2) is 0 Å².